The van der Waals surface area contributed by atoms with Gasteiger partial charge in [-0.3, -0.25) is 14.8 Å². The minimum Gasteiger partial charge on any atom is -0.492 e. The number of carbonyl (C=O) groups is 3. The van der Waals surface area contributed by atoms with Crippen LogP contribution in [0.1, 0.15) is 11.1 Å². The third-order valence-electron chi connectivity index (χ3n) is 6.82. The lowest BCUT2D eigenvalue weighted by atomic mass is 9.94. The van der Waals surface area contributed by atoms with Crippen molar-refractivity contribution in [3.8, 4) is 16.9 Å². The van der Waals surface area contributed by atoms with Crippen LogP contribution in [-0.2, 0) is 25.5 Å². The number of aliphatic carboxylic acids is 2. The molecule has 2 aliphatic rings. The summed E-state index contributed by atoms with van der Waals surface area (Å²) in [5.74, 6) is -3.90. The van der Waals surface area contributed by atoms with Crippen molar-refractivity contribution in [2.24, 2.45) is 5.92 Å². The quantitative estimate of drug-likeness (QED) is 0.189. The lowest BCUT2D eigenvalue weighted by Crippen LogP contribution is -2.37. The highest BCUT2D eigenvalue weighted by Gasteiger charge is 2.39. The van der Waals surface area contributed by atoms with Gasteiger partial charge in [-0.2, -0.15) is 31.4 Å². The average Bonchev–Trinajstić information content (AvgIpc) is 3.57. The van der Waals surface area contributed by atoms with E-state index in [9.17, 15) is 31.1 Å². The number of carboxylic acid groups (broad SMARTS) is 2. The van der Waals surface area contributed by atoms with Crippen LogP contribution in [-0.4, -0.2) is 101 Å². The summed E-state index contributed by atoms with van der Waals surface area (Å²) in [6.07, 6.45) is -5.78. The maximum Gasteiger partial charge on any atom is 0.490 e. The third-order valence-corrected chi connectivity index (χ3v) is 7.85. The Labute approximate surface area is 274 Å². The Morgan fingerprint density at radius 3 is 2.23 bits per heavy atom. The van der Waals surface area contributed by atoms with Gasteiger partial charge >= 0.3 is 24.3 Å². The Hall–Kier alpha value is -4.29. The van der Waals surface area contributed by atoms with Gasteiger partial charge in [0.05, 0.1) is 31.0 Å². The lowest BCUT2D eigenvalue weighted by molar-refractivity contribution is -0.193. The number of anilines is 1. The monoisotopic (exact) mass is 706 g/mol. The van der Waals surface area contributed by atoms with Gasteiger partial charge in [-0.1, -0.05) is 23.8 Å². The fourth-order valence-electron chi connectivity index (χ4n) is 4.37. The minimum absolute atomic E-state index is 0.00162. The number of hydrogen-bond acceptors (Lipinski definition) is 8. The van der Waals surface area contributed by atoms with Gasteiger partial charge in [0.15, 0.2) is 0 Å². The molecule has 1 aromatic heterocycles. The number of aromatic nitrogens is 2. The molecule has 18 heteroatoms. The SMILES string of the molecule is Cc1ccc2c(c1)CC(C(=O)Nc1ccc(-c3cn[nH]c3)cc1SCCN1CCOCC1)CO2.O=C(O)C(F)(F)F.O=C(O)C(F)(F)F. The molecular weight excluding hydrogens is 674 g/mol. The lowest BCUT2D eigenvalue weighted by Gasteiger charge is -2.26. The summed E-state index contributed by atoms with van der Waals surface area (Å²) < 4.78 is 74.8. The van der Waals surface area contributed by atoms with Gasteiger partial charge in [-0.05, 0) is 42.7 Å². The number of fused-ring (bicyclic) bond motifs is 1. The summed E-state index contributed by atoms with van der Waals surface area (Å²) in [6, 6.07) is 12.3. The van der Waals surface area contributed by atoms with E-state index in [0.29, 0.717) is 13.0 Å². The number of nitrogens with one attached hydrogen (secondary N) is 2. The van der Waals surface area contributed by atoms with E-state index in [1.807, 2.05) is 36.7 Å². The zero-order valence-corrected chi connectivity index (χ0v) is 26.2. The smallest absolute Gasteiger partial charge is 0.490 e. The molecule has 1 saturated heterocycles. The molecule has 3 aromatic rings. The van der Waals surface area contributed by atoms with E-state index < -0.39 is 24.3 Å². The highest BCUT2D eigenvalue weighted by molar-refractivity contribution is 7.99. The number of carboxylic acids is 2. The first-order valence-corrected chi connectivity index (χ1v) is 15.2. The third kappa shape index (κ3) is 12.1. The van der Waals surface area contributed by atoms with Crippen molar-refractivity contribution in [1.82, 2.24) is 15.1 Å². The van der Waals surface area contributed by atoms with Crippen molar-refractivity contribution in [3.63, 3.8) is 0 Å². The predicted molar refractivity (Wildman–Crippen MR) is 162 cm³/mol. The molecule has 11 nitrogen and oxygen atoms in total. The van der Waals surface area contributed by atoms with Crippen molar-refractivity contribution in [3.05, 3.63) is 59.9 Å². The summed E-state index contributed by atoms with van der Waals surface area (Å²) in [5.41, 5.74) is 5.23. The first kappa shape index (κ1) is 38.2. The van der Waals surface area contributed by atoms with E-state index >= 15 is 0 Å². The zero-order valence-electron chi connectivity index (χ0n) is 25.4. The number of H-pyrrole nitrogens is 1. The van der Waals surface area contributed by atoms with Crippen LogP contribution in [0.25, 0.3) is 11.1 Å². The highest BCUT2D eigenvalue weighted by atomic mass is 32.2. The number of amides is 1. The highest BCUT2D eigenvalue weighted by Crippen LogP contribution is 2.34. The van der Waals surface area contributed by atoms with Crippen LogP contribution < -0.4 is 10.1 Å². The number of alkyl halides is 6. The maximum atomic E-state index is 13.2. The number of rotatable bonds is 7. The summed E-state index contributed by atoms with van der Waals surface area (Å²) in [6.45, 7) is 7.00. The first-order valence-electron chi connectivity index (χ1n) is 14.2. The number of halogens is 6. The molecule has 4 N–H and O–H groups in total. The zero-order chi connectivity index (χ0) is 35.5. The molecule has 262 valence electrons. The van der Waals surface area contributed by atoms with Crippen LogP contribution in [0.2, 0.25) is 0 Å². The average molecular weight is 707 g/mol. The van der Waals surface area contributed by atoms with Crippen LogP contribution in [0.15, 0.2) is 53.7 Å². The van der Waals surface area contributed by atoms with Crippen molar-refractivity contribution in [2.75, 3.05) is 50.5 Å². The molecule has 3 heterocycles. The standard InChI is InChI=1S/C26H30N4O3S.2C2HF3O2/c1-18-2-5-24-20(12-18)13-21(17-33-24)26(31)29-23-4-3-19(22-15-27-28-16-22)14-25(23)34-11-8-30-6-9-32-10-7-30;2*3-2(4,5)1(6)7/h2-5,12,14-16,21H,6-11,13,17H2,1H3,(H,27,28)(H,29,31);2*(H,6,7). The number of morpholine rings is 1. The van der Waals surface area contributed by atoms with E-state index in [1.54, 1.807) is 11.8 Å². The second-order valence-electron chi connectivity index (χ2n) is 10.4. The molecule has 0 bridgehead atoms. The molecule has 0 saturated carbocycles. The number of ether oxygens (including phenoxy) is 2. The second-order valence-corrected chi connectivity index (χ2v) is 11.6. The van der Waals surface area contributed by atoms with Gasteiger partial charge in [0.1, 0.15) is 12.4 Å². The number of thioether (sulfide) groups is 1. The van der Waals surface area contributed by atoms with Gasteiger partial charge in [-0.25, -0.2) is 9.59 Å². The molecular formula is C30H32F6N4O7S. The summed E-state index contributed by atoms with van der Waals surface area (Å²) in [7, 11) is 0. The molecule has 2 aliphatic heterocycles. The number of aromatic amines is 1. The number of nitrogens with zero attached hydrogens (tertiary/aromatic N) is 2. The van der Waals surface area contributed by atoms with Crippen LogP contribution in [0.4, 0.5) is 32.0 Å². The minimum atomic E-state index is -5.08. The Morgan fingerprint density at radius 2 is 1.65 bits per heavy atom. The van der Waals surface area contributed by atoms with Gasteiger partial charge in [-0.15, -0.1) is 11.8 Å². The summed E-state index contributed by atoms with van der Waals surface area (Å²) in [4.78, 5) is 34.5. The fraction of sp³-hybridized carbons (Fsp3) is 0.400. The largest absolute Gasteiger partial charge is 0.492 e. The van der Waals surface area contributed by atoms with E-state index in [1.165, 1.54) is 5.56 Å². The van der Waals surface area contributed by atoms with Crippen LogP contribution in [0.5, 0.6) is 5.75 Å². The Kier molecular flexibility index (Phi) is 13.7. The normalized spacial score (nSPS) is 16.2. The topological polar surface area (TPSA) is 154 Å². The molecule has 0 aliphatic carbocycles. The first-order chi connectivity index (χ1) is 22.5. The maximum absolute atomic E-state index is 13.2. The van der Waals surface area contributed by atoms with Crippen LogP contribution >= 0.6 is 11.8 Å². The molecule has 1 amide bonds. The van der Waals surface area contributed by atoms with E-state index in [-0.39, 0.29) is 11.8 Å². The van der Waals surface area contributed by atoms with Crippen LogP contribution in [0, 0.1) is 12.8 Å². The molecule has 0 radical (unpaired) electrons. The molecule has 0 spiro atoms. The van der Waals surface area contributed by atoms with Gasteiger partial charge in [0.25, 0.3) is 0 Å². The van der Waals surface area contributed by atoms with E-state index in [2.05, 4.69) is 39.5 Å². The predicted octanol–water partition coefficient (Wildman–Crippen LogP) is 5.27. The Balaban J connectivity index is 0.000000376. The van der Waals surface area contributed by atoms with E-state index in [4.69, 9.17) is 29.3 Å². The van der Waals surface area contributed by atoms with Crippen molar-refractivity contribution in [1.29, 1.82) is 0 Å². The number of hydrogen-bond donors (Lipinski definition) is 4. The molecule has 1 unspecified atom stereocenters. The van der Waals surface area contributed by atoms with Crippen molar-refractivity contribution < 1.29 is 60.4 Å². The number of aryl methyl sites for hydroxylation is 1. The molecule has 48 heavy (non-hydrogen) atoms. The van der Waals surface area contributed by atoms with E-state index in [0.717, 1.165) is 71.6 Å². The van der Waals surface area contributed by atoms with Gasteiger partial charge < -0.3 is 25.0 Å². The molecule has 1 atom stereocenters. The van der Waals surface area contributed by atoms with Crippen molar-refractivity contribution >= 4 is 35.3 Å². The molecule has 1 fully saturated rings. The Morgan fingerprint density at radius 1 is 1.00 bits per heavy atom. The number of carbonyl (C=O) groups excluding carboxylic acids is 1. The van der Waals surface area contributed by atoms with Gasteiger partial charge in [0, 0.05) is 42.0 Å². The second kappa shape index (κ2) is 17.2. The summed E-state index contributed by atoms with van der Waals surface area (Å²) >= 11 is 1.77. The van der Waals surface area contributed by atoms with Crippen LogP contribution in [0.3, 0.4) is 0 Å². The molecule has 5 rings (SSSR count). The van der Waals surface area contributed by atoms with Gasteiger partial charge in [0.2, 0.25) is 5.91 Å². The molecule has 2 aromatic carbocycles. The van der Waals surface area contributed by atoms with Crippen molar-refractivity contribution in [2.45, 2.75) is 30.6 Å². The fourth-order valence-corrected chi connectivity index (χ4v) is 5.42. The summed E-state index contributed by atoms with van der Waals surface area (Å²) in [5, 5.41) is 24.4. The Bertz CT molecular complexity index is 1510. The number of benzene rings is 2.